The van der Waals surface area contributed by atoms with Gasteiger partial charge in [0.05, 0.1) is 18.3 Å². The molecule has 0 aromatic heterocycles. The van der Waals surface area contributed by atoms with Gasteiger partial charge in [0, 0.05) is 5.41 Å². The molecule has 1 rings (SSSR count). The third-order valence-corrected chi connectivity index (χ3v) is 2.21. The van der Waals surface area contributed by atoms with Gasteiger partial charge in [-0.05, 0) is 13.8 Å². The highest BCUT2D eigenvalue weighted by atomic mass is 16.5. The van der Waals surface area contributed by atoms with E-state index in [0.29, 0.717) is 6.61 Å². The van der Waals surface area contributed by atoms with Crippen molar-refractivity contribution in [1.82, 2.24) is 0 Å². The third-order valence-electron chi connectivity index (χ3n) is 2.21. The summed E-state index contributed by atoms with van der Waals surface area (Å²) < 4.78 is 5.42. The quantitative estimate of drug-likeness (QED) is 0.553. The molecule has 0 bridgehead atoms. The van der Waals surface area contributed by atoms with Crippen molar-refractivity contribution in [2.45, 2.75) is 39.4 Å². The summed E-state index contributed by atoms with van der Waals surface area (Å²) in [6.45, 7) is 8.54. The Morgan fingerprint density at radius 1 is 1.30 bits per heavy atom. The van der Waals surface area contributed by atoms with Crippen molar-refractivity contribution in [2.24, 2.45) is 5.41 Å². The fraction of sp³-hybridized carbons (Fsp3) is 1.00. The monoisotopic (exact) mass is 144 g/mol. The van der Waals surface area contributed by atoms with Crippen LogP contribution < -0.4 is 0 Å². The van der Waals surface area contributed by atoms with Crippen molar-refractivity contribution < 1.29 is 9.84 Å². The van der Waals surface area contributed by atoms with E-state index in [-0.39, 0.29) is 17.1 Å². The van der Waals surface area contributed by atoms with E-state index in [4.69, 9.17) is 4.74 Å². The van der Waals surface area contributed by atoms with E-state index in [1.54, 1.807) is 0 Å². The summed E-state index contributed by atoms with van der Waals surface area (Å²) in [5.41, 5.74) is -0.438. The van der Waals surface area contributed by atoms with Gasteiger partial charge in [-0.25, -0.2) is 0 Å². The molecule has 1 aliphatic rings. The minimum atomic E-state index is -0.358. The highest BCUT2D eigenvalue weighted by Gasteiger charge is 2.47. The molecule has 60 valence electrons. The molecule has 0 saturated carbocycles. The second-order valence-electron chi connectivity index (χ2n) is 4.28. The molecule has 1 saturated heterocycles. The molecule has 0 aliphatic carbocycles. The zero-order valence-electron chi connectivity index (χ0n) is 7.14. The summed E-state index contributed by atoms with van der Waals surface area (Å²) in [6, 6.07) is 0. The largest absolute Gasteiger partial charge is 0.389 e. The minimum Gasteiger partial charge on any atom is -0.389 e. The van der Waals surface area contributed by atoms with Crippen LogP contribution in [0.25, 0.3) is 0 Å². The fourth-order valence-corrected chi connectivity index (χ4v) is 1.47. The summed E-state index contributed by atoms with van der Waals surface area (Å²) >= 11 is 0. The predicted octanol–water partition coefficient (Wildman–Crippen LogP) is 1.18. The Balaban J connectivity index is 2.77. The molecule has 1 atom stereocenters. The van der Waals surface area contributed by atoms with Crippen LogP contribution in [0.2, 0.25) is 0 Å². The zero-order valence-corrected chi connectivity index (χ0v) is 7.14. The first-order valence-corrected chi connectivity index (χ1v) is 3.68. The van der Waals surface area contributed by atoms with Crippen molar-refractivity contribution in [3.05, 3.63) is 0 Å². The molecule has 1 heterocycles. The molecular weight excluding hydrogens is 128 g/mol. The Bertz CT molecular complexity index is 122. The Labute approximate surface area is 62.2 Å². The first-order chi connectivity index (χ1) is 4.36. The van der Waals surface area contributed by atoms with Crippen LogP contribution in [0, 0.1) is 5.41 Å². The van der Waals surface area contributed by atoms with E-state index in [1.165, 1.54) is 0 Å². The summed E-state index contributed by atoms with van der Waals surface area (Å²) in [5, 5.41) is 9.66. The molecule has 1 aliphatic heterocycles. The summed E-state index contributed by atoms with van der Waals surface area (Å²) in [7, 11) is 0. The maximum absolute atomic E-state index is 9.66. The highest BCUT2D eigenvalue weighted by Crippen LogP contribution is 2.38. The second kappa shape index (κ2) is 1.95. The van der Waals surface area contributed by atoms with Crippen LogP contribution >= 0.6 is 0 Å². The Hall–Kier alpha value is -0.0800. The van der Waals surface area contributed by atoms with Gasteiger partial charge in [-0.1, -0.05) is 13.8 Å². The van der Waals surface area contributed by atoms with Crippen LogP contribution in [-0.4, -0.2) is 23.4 Å². The maximum Gasteiger partial charge on any atom is 0.0897 e. The molecule has 0 amide bonds. The molecule has 2 nitrogen and oxygen atoms in total. The maximum atomic E-state index is 9.66. The van der Waals surface area contributed by atoms with E-state index < -0.39 is 0 Å². The van der Waals surface area contributed by atoms with E-state index in [2.05, 4.69) is 0 Å². The van der Waals surface area contributed by atoms with Crippen molar-refractivity contribution in [3.8, 4) is 0 Å². The van der Waals surface area contributed by atoms with Gasteiger partial charge in [0.15, 0.2) is 0 Å². The zero-order chi connectivity index (χ0) is 7.99. The van der Waals surface area contributed by atoms with Gasteiger partial charge < -0.3 is 9.84 Å². The molecule has 0 radical (unpaired) electrons. The van der Waals surface area contributed by atoms with Crippen molar-refractivity contribution >= 4 is 0 Å². The van der Waals surface area contributed by atoms with Crippen LogP contribution in [0.4, 0.5) is 0 Å². The number of aliphatic hydroxyl groups is 1. The first kappa shape index (κ1) is 8.02. The number of rotatable bonds is 0. The van der Waals surface area contributed by atoms with Gasteiger partial charge in [0.25, 0.3) is 0 Å². The molecule has 1 N–H and O–H groups in total. The Morgan fingerprint density at radius 2 is 1.80 bits per heavy atom. The van der Waals surface area contributed by atoms with Crippen LogP contribution in [0.15, 0.2) is 0 Å². The molecule has 0 aromatic rings. The van der Waals surface area contributed by atoms with E-state index in [0.717, 1.165) is 0 Å². The Kier molecular flexibility index (Phi) is 1.57. The topological polar surface area (TPSA) is 29.5 Å². The average molecular weight is 144 g/mol. The lowest BCUT2D eigenvalue weighted by Crippen LogP contribution is -2.38. The van der Waals surface area contributed by atoms with Gasteiger partial charge >= 0.3 is 0 Å². The van der Waals surface area contributed by atoms with Gasteiger partial charge in [0.2, 0.25) is 0 Å². The van der Waals surface area contributed by atoms with E-state index in [9.17, 15) is 5.11 Å². The summed E-state index contributed by atoms with van der Waals surface area (Å²) in [6.07, 6.45) is -0.347. The lowest BCUT2D eigenvalue weighted by Gasteiger charge is -2.27. The molecule has 1 unspecified atom stereocenters. The molecule has 2 heteroatoms. The molecular formula is C8H16O2. The van der Waals surface area contributed by atoms with Crippen LogP contribution in [0.1, 0.15) is 27.7 Å². The van der Waals surface area contributed by atoms with Gasteiger partial charge in [-0.2, -0.15) is 0 Å². The fourth-order valence-electron chi connectivity index (χ4n) is 1.47. The minimum absolute atomic E-state index is 0.0799. The van der Waals surface area contributed by atoms with Gasteiger partial charge in [-0.15, -0.1) is 0 Å². The van der Waals surface area contributed by atoms with Crippen LogP contribution in [0.3, 0.4) is 0 Å². The first-order valence-electron chi connectivity index (χ1n) is 3.68. The molecule has 10 heavy (non-hydrogen) atoms. The summed E-state index contributed by atoms with van der Waals surface area (Å²) in [5.74, 6) is 0. The standard InChI is InChI=1S/C8H16O2/c1-7(2)5-10-8(3,4)6(7)9/h6,9H,5H2,1-4H3. The lowest BCUT2D eigenvalue weighted by atomic mass is 9.83. The van der Waals surface area contributed by atoms with Crippen LogP contribution in [0.5, 0.6) is 0 Å². The average Bonchev–Trinajstić information content (AvgIpc) is 1.95. The number of hydrogen-bond acceptors (Lipinski definition) is 2. The van der Waals surface area contributed by atoms with Gasteiger partial charge in [0.1, 0.15) is 0 Å². The van der Waals surface area contributed by atoms with Gasteiger partial charge in [-0.3, -0.25) is 0 Å². The van der Waals surface area contributed by atoms with E-state index >= 15 is 0 Å². The second-order valence-corrected chi connectivity index (χ2v) is 4.28. The molecule has 0 aromatic carbocycles. The Morgan fingerprint density at radius 3 is 1.90 bits per heavy atom. The lowest BCUT2D eigenvalue weighted by molar-refractivity contribution is -0.0351. The SMILES string of the molecule is CC1(C)COC(C)(C)C1O. The van der Waals surface area contributed by atoms with Crippen molar-refractivity contribution in [2.75, 3.05) is 6.61 Å². The highest BCUT2D eigenvalue weighted by molar-refractivity contribution is 4.95. The molecule has 0 spiro atoms. The number of aliphatic hydroxyl groups excluding tert-OH is 1. The number of ether oxygens (including phenoxy) is 1. The van der Waals surface area contributed by atoms with Crippen LogP contribution in [-0.2, 0) is 4.74 Å². The third kappa shape index (κ3) is 1.06. The number of hydrogen-bond donors (Lipinski definition) is 1. The van der Waals surface area contributed by atoms with Crippen molar-refractivity contribution in [3.63, 3.8) is 0 Å². The van der Waals surface area contributed by atoms with E-state index in [1.807, 2.05) is 27.7 Å². The smallest absolute Gasteiger partial charge is 0.0897 e. The normalized spacial score (nSPS) is 36.3. The molecule has 1 fully saturated rings. The predicted molar refractivity (Wildman–Crippen MR) is 39.8 cm³/mol. The summed E-state index contributed by atoms with van der Waals surface area (Å²) in [4.78, 5) is 0. The van der Waals surface area contributed by atoms with Crippen molar-refractivity contribution in [1.29, 1.82) is 0 Å².